The first-order valence-electron chi connectivity index (χ1n) is 8.33. The summed E-state index contributed by atoms with van der Waals surface area (Å²) in [5.74, 6) is 0.253. The van der Waals surface area contributed by atoms with E-state index in [4.69, 9.17) is 4.74 Å². The summed E-state index contributed by atoms with van der Waals surface area (Å²) in [7, 11) is 0. The number of ether oxygens (including phenoxy) is 1. The van der Waals surface area contributed by atoms with E-state index in [2.05, 4.69) is 42.3 Å². The fourth-order valence-electron chi connectivity index (χ4n) is 3.46. The largest absolute Gasteiger partial charge is 0.378 e. The molecule has 2 unspecified atom stereocenters. The number of likely N-dealkylation sites (tertiary alicyclic amines) is 1. The highest BCUT2D eigenvalue weighted by molar-refractivity contribution is 5.85. The van der Waals surface area contributed by atoms with Crippen LogP contribution in [0.2, 0.25) is 0 Å². The van der Waals surface area contributed by atoms with Crippen LogP contribution in [-0.4, -0.2) is 43.2 Å². The van der Waals surface area contributed by atoms with Gasteiger partial charge in [0.1, 0.15) is 0 Å². The van der Waals surface area contributed by atoms with Crippen LogP contribution in [0, 0.1) is 13.8 Å². The van der Waals surface area contributed by atoms with E-state index in [1.807, 2.05) is 0 Å². The monoisotopic (exact) mass is 338 g/mol. The van der Waals surface area contributed by atoms with Gasteiger partial charge in [-0.25, -0.2) is 0 Å². The number of carbonyl (C=O) groups excluding carboxylic acids is 1. The first-order valence-corrected chi connectivity index (χ1v) is 8.33. The predicted octanol–water partition coefficient (Wildman–Crippen LogP) is 2.77. The number of nitrogens with one attached hydrogen (secondary N) is 1. The van der Waals surface area contributed by atoms with E-state index in [1.165, 1.54) is 16.7 Å². The minimum atomic E-state index is 0. The molecule has 1 aromatic rings. The Morgan fingerprint density at radius 2 is 2.17 bits per heavy atom. The van der Waals surface area contributed by atoms with Gasteiger partial charge in [-0.05, 0) is 43.4 Å². The molecule has 2 fully saturated rings. The Kier molecular flexibility index (Phi) is 6.45. The average molecular weight is 339 g/mol. The maximum atomic E-state index is 12.7. The van der Waals surface area contributed by atoms with Crippen molar-refractivity contribution in [3.63, 3.8) is 0 Å². The quantitative estimate of drug-likeness (QED) is 0.921. The van der Waals surface area contributed by atoms with Gasteiger partial charge in [0.25, 0.3) is 0 Å². The van der Waals surface area contributed by atoms with Crippen molar-refractivity contribution in [1.29, 1.82) is 0 Å². The van der Waals surface area contributed by atoms with E-state index >= 15 is 0 Å². The summed E-state index contributed by atoms with van der Waals surface area (Å²) in [5.41, 5.74) is 3.89. The molecule has 0 bridgehead atoms. The lowest BCUT2D eigenvalue weighted by atomic mass is 9.99. The van der Waals surface area contributed by atoms with Gasteiger partial charge in [-0.2, -0.15) is 0 Å². The van der Waals surface area contributed by atoms with Crippen LogP contribution < -0.4 is 5.32 Å². The maximum Gasteiger partial charge on any atom is 0.224 e. The average Bonchev–Trinajstić information content (AvgIpc) is 3.01. The van der Waals surface area contributed by atoms with Crippen molar-refractivity contribution in [2.24, 2.45) is 0 Å². The van der Waals surface area contributed by atoms with Gasteiger partial charge in [0.15, 0.2) is 0 Å². The minimum Gasteiger partial charge on any atom is -0.378 e. The Balaban J connectivity index is 0.00000192. The van der Waals surface area contributed by atoms with Crippen molar-refractivity contribution < 1.29 is 9.53 Å². The van der Waals surface area contributed by atoms with Gasteiger partial charge < -0.3 is 15.0 Å². The van der Waals surface area contributed by atoms with Crippen molar-refractivity contribution in [2.75, 3.05) is 26.3 Å². The molecule has 3 rings (SSSR count). The minimum absolute atomic E-state index is 0. The molecule has 2 aliphatic heterocycles. The summed E-state index contributed by atoms with van der Waals surface area (Å²) < 4.78 is 5.45. The normalized spacial score (nSPS) is 24.3. The highest BCUT2D eigenvalue weighted by atomic mass is 35.5. The molecule has 2 atom stereocenters. The van der Waals surface area contributed by atoms with Crippen LogP contribution in [0.15, 0.2) is 18.2 Å². The number of hydrogen-bond acceptors (Lipinski definition) is 3. The second kappa shape index (κ2) is 8.13. The smallest absolute Gasteiger partial charge is 0.224 e. The Hall–Kier alpha value is -1.10. The Bertz CT molecular complexity index is 544. The fraction of sp³-hybridized carbons (Fsp3) is 0.611. The Morgan fingerprint density at radius 1 is 1.35 bits per heavy atom. The first-order chi connectivity index (χ1) is 10.6. The van der Waals surface area contributed by atoms with Crippen LogP contribution in [0.4, 0.5) is 0 Å². The number of morpholine rings is 1. The number of carbonyl (C=O) groups is 1. The second-order valence-corrected chi connectivity index (χ2v) is 6.52. The summed E-state index contributed by atoms with van der Waals surface area (Å²) in [6.45, 7) is 7.39. The van der Waals surface area contributed by atoms with Gasteiger partial charge in [0.2, 0.25) is 5.91 Å². The van der Waals surface area contributed by atoms with Crippen LogP contribution in [0.25, 0.3) is 0 Å². The van der Waals surface area contributed by atoms with E-state index in [0.29, 0.717) is 13.0 Å². The van der Waals surface area contributed by atoms with Gasteiger partial charge in [0.05, 0.1) is 19.3 Å². The third-order valence-electron chi connectivity index (χ3n) is 4.91. The SMILES string of the molecule is Cc1ccc(C2CCCN2C(=O)CC2COCCN2)cc1C.Cl. The number of aryl methyl sites for hydroxylation is 2. The molecule has 4 nitrogen and oxygen atoms in total. The number of hydrogen-bond donors (Lipinski definition) is 1. The van der Waals surface area contributed by atoms with Crippen molar-refractivity contribution in [3.05, 3.63) is 34.9 Å². The van der Waals surface area contributed by atoms with E-state index in [0.717, 1.165) is 32.5 Å². The third kappa shape index (κ3) is 4.25. The lowest BCUT2D eigenvalue weighted by Gasteiger charge is -2.29. The highest BCUT2D eigenvalue weighted by Gasteiger charge is 2.31. The van der Waals surface area contributed by atoms with Gasteiger partial charge >= 0.3 is 0 Å². The zero-order valence-corrected chi connectivity index (χ0v) is 14.8. The van der Waals surface area contributed by atoms with E-state index in [1.54, 1.807) is 0 Å². The molecule has 2 heterocycles. The molecular weight excluding hydrogens is 312 g/mol. The summed E-state index contributed by atoms with van der Waals surface area (Å²) >= 11 is 0. The van der Waals surface area contributed by atoms with Crippen molar-refractivity contribution in [2.45, 2.75) is 45.2 Å². The molecule has 1 amide bonds. The second-order valence-electron chi connectivity index (χ2n) is 6.52. The number of halogens is 1. The molecular formula is C18H27ClN2O2. The Morgan fingerprint density at radius 3 is 2.87 bits per heavy atom. The summed E-state index contributed by atoms with van der Waals surface area (Å²) in [6, 6.07) is 7.01. The van der Waals surface area contributed by atoms with Crippen molar-refractivity contribution in [3.8, 4) is 0 Å². The zero-order chi connectivity index (χ0) is 15.5. The van der Waals surface area contributed by atoms with Crippen molar-refractivity contribution >= 4 is 18.3 Å². The third-order valence-corrected chi connectivity index (χ3v) is 4.91. The Labute approximate surface area is 145 Å². The molecule has 5 heteroatoms. The van der Waals surface area contributed by atoms with Gasteiger partial charge in [-0.1, -0.05) is 18.2 Å². The lowest BCUT2D eigenvalue weighted by Crippen LogP contribution is -2.45. The molecule has 1 N–H and O–H groups in total. The van der Waals surface area contributed by atoms with Crippen LogP contribution in [-0.2, 0) is 9.53 Å². The molecule has 2 aliphatic rings. The molecule has 0 spiro atoms. The number of benzene rings is 1. The van der Waals surface area contributed by atoms with Crippen LogP contribution in [0.3, 0.4) is 0 Å². The number of amides is 1. The van der Waals surface area contributed by atoms with E-state index in [-0.39, 0.29) is 30.4 Å². The maximum absolute atomic E-state index is 12.7. The predicted molar refractivity (Wildman–Crippen MR) is 94.1 cm³/mol. The van der Waals surface area contributed by atoms with E-state index < -0.39 is 0 Å². The van der Waals surface area contributed by atoms with Gasteiger partial charge in [-0.3, -0.25) is 4.79 Å². The molecule has 128 valence electrons. The lowest BCUT2D eigenvalue weighted by molar-refractivity contribution is -0.133. The summed E-state index contributed by atoms with van der Waals surface area (Å²) in [4.78, 5) is 14.7. The summed E-state index contributed by atoms with van der Waals surface area (Å²) in [6.07, 6.45) is 2.71. The van der Waals surface area contributed by atoms with Gasteiger partial charge in [-0.15, -0.1) is 12.4 Å². The van der Waals surface area contributed by atoms with Crippen molar-refractivity contribution in [1.82, 2.24) is 10.2 Å². The fourth-order valence-corrected chi connectivity index (χ4v) is 3.46. The van der Waals surface area contributed by atoms with Crippen LogP contribution >= 0.6 is 12.4 Å². The zero-order valence-electron chi connectivity index (χ0n) is 14.0. The van der Waals surface area contributed by atoms with Crippen LogP contribution in [0.5, 0.6) is 0 Å². The molecule has 23 heavy (non-hydrogen) atoms. The van der Waals surface area contributed by atoms with E-state index in [9.17, 15) is 4.79 Å². The molecule has 0 aromatic heterocycles. The van der Waals surface area contributed by atoms with Crippen LogP contribution in [0.1, 0.15) is 42.0 Å². The molecule has 1 aromatic carbocycles. The first kappa shape index (κ1) is 18.2. The molecule has 2 saturated heterocycles. The topological polar surface area (TPSA) is 41.6 Å². The summed E-state index contributed by atoms with van der Waals surface area (Å²) in [5, 5.41) is 3.37. The molecule has 0 saturated carbocycles. The standard InChI is InChI=1S/C18H26N2O2.ClH/c1-13-5-6-15(10-14(13)2)17-4-3-8-20(17)18(21)11-16-12-22-9-7-19-16;/h5-6,10,16-17,19H,3-4,7-9,11-12H2,1-2H3;1H. The molecule has 0 radical (unpaired) electrons. The molecule has 0 aliphatic carbocycles. The van der Waals surface area contributed by atoms with Gasteiger partial charge in [0, 0.05) is 25.6 Å². The number of nitrogens with zero attached hydrogens (tertiary/aromatic N) is 1. The number of rotatable bonds is 3. The highest BCUT2D eigenvalue weighted by Crippen LogP contribution is 2.33.